The van der Waals surface area contributed by atoms with Crippen LogP contribution >= 0.6 is 23.4 Å². The number of hydrogen-bond donors (Lipinski definition) is 1. The van der Waals surface area contributed by atoms with Crippen LogP contribution < -0.4 is 14.8 Å². The fourth-order valence-electron chi connectivity index (χ4n) is 3.36. The highest BCUT2D eigenvalue weighted by Crippen LogP contribution is 2.30. The second-order valence-electron chi connectivity index (χ2n) is 7.43. The number of methoxy groups -OCH3 is 2. The first-order chi connectivity index (χ1) is 16.5. The number of carbonyl (C=O) groups excluding carboxylic acids is 1. The van der Waals surface area contributed by atoms with E-state index in [1.54, 1.807) is 32.4 Å². The molecule has 0 radical (unpaired) electrons. The number of anilines is 1. The predicted molar refractivity (Wildman–Crippen MR) is 135 cm³/mol. The van der Waals surface area contributed by atoms with Gasteiger partial charge in [-0.1, -0.05) is 47.1 Å². The zero-order chi connectivity index (χ0) is 24.1. The van der Waals surface area contributed by atoms with E-state index in [0.717, 1.165) is 16.8 Å². The molecule has 0 saturated carbocycles. The summed E-state index contributed by atoms with van der Waals surface area (Å²) in [7, 11) is 3.12. The summed E-state index contributed by atoms with van der Waals surface area (Å²) in [5, 5.41) is 12.9. The van der Waals surface area contributed by atoms with Gasteiger partial charge in [0.25, 0.3) is 0 Å². The average molecular weight is 495 g/mol. The molecule has 0 unspecified atom stereocenters. The van der Waals surface area contributed by atoms with Crippen molar-refractivity contribution in [2.45, 2.75) is 12.1 Å². The van der Waals surface area contributed by atoms with E-state index in [1.807, 2.05) is 60.0 Å². The molecule has 4 rings (SSSR count). The number of halogens is 1. The fraction of sp³-hybridized carbons (Fsp3) is 0.160. The highest BCUT2D eigenvalue weighted by atomic mass is 35.5. The van der Waals surface area contributed by atoms with Crippen LogP contribution in [-0.4, -0.2) is 40.6 Å². The summed E-state index contributed by atoms with van der Waals surface area (Å²) in [6, 6.07) is 20.7. The Bertz CT molecular complexity index is 1290. The SMILES string of the molecule is COc1cc(NC(=O)CSc2nnc(-c3cccc(C)c3)n2-c2ccc(Cl)cc2)cc(OC)c1. The summed E-state index contributed by atoms with van der Waals surface area (Å²) in [4.78, 5) is 12.7. The van der Waals surface area contributed by atoms with Gasteiger partial charge in [0.05, 0.1) is 20.0 Å². The van der Waals surface area contributed by atoms with Gasteiger partial charge in [0.2, 0.25) is 5.91 Å². The maximum atomic E-state index is 12.7. The number of benzene rings is 3. The number of hydrogen-bond acceptors (Lipinski definition) is 6. The van der Waals surface area contributed by atoms with Crippen LogP contribution in [0, 0.1) is 6.92 Å². The molecule has 4 aromatic rings. The predicted octanol–water partition coefficient (Wildman–Crippen LogP) is 5.64. The number of aryl methyl sites for hydroxylation is 1. The Morgan fingerprint density at radius 1 is 1.00 bits per heavy atom. The highest BCUT2D eigenvalue weighted by molar-refractivity contribution is 7.99. The first-order valence-corrected chi connectivity index (χ1v) is 11.8. The molecule has 7 nitrogen and oxygen atoms in total. The molecule has 0 saturated heterocycles. The number of amides is 1. The number of rotatable bonds is 8. The van der Waals surface area contributed by atoms with Gasteiger partial charge in [0.15, 0.2) is 11.0 Å². The van der Waals surface area contributed by atoms with Crippen LogP contribution in [0.3, 0.4) is 0 Å². The Balaban J connectivity index is 1.58. The molecule has 0 fully saturated rings. The van der Waals surface area contributed by atoms with Crippen molar-refractivity contribution in [1.29, 1.82) is 0 Å². The van der Waals surface area contributed by atoms with Gasteiger partial charge in [0, 0.05) is 40.2 Å². The second kappa shape index (κ2) is 10.6. The normalized spacial score (nSPS) is 10.7. The molecule has 0 aliphatic rings. The third-order valence-electron chi connectivity index (χ3n) is 4.96. The first-order valence-electron chi connectivity index (χ1n) is 10.4. The Morgan fingerprint density at radius 2 is 1.71 bits per heavy atom. The minimum Gasteiger partial charge on any atom is -0.497 e. The van der Waals surface area contributed by atoms with Crippen molar-refractivity contribution in [2.75, 3.05) is 25.3 Å². The number of thioether (sulfide) groups is 1. The molecule has 34 heavy (non-hydrogen) atoms. The summed E-state index contributed by atoms with van der Waals surface area (Å²) >= 11 is 7.39. The van der Waals surface area contributed by atoms with E-state index in [-0.39, 0.29) is 11.7 Å². The lowest BCUT2D eigenvalue weighted by atomic mass is 10.1. The average Bonchev–Trinajstić information content (AvgIpc) is 3.27. The molecule has 0 bridgehead atoms. The molecule has 0 aliphatic carbocycles. The fourth-order valence-corrected chi connectivity index (χ4v) is 4.24. The smallest absolute Gasteiger partial charge is 0.234 e. The van der Waals surface area contributed by atoms with Crippen LogP contribution in [0.1, 0.15) is 5.56 Å². The van der Waals surface area contributed by atoms with Crippen molar-refractivity contribution in [1.82, 2.24) is 14.8 Å². The Hall–Kier alpha value is -3.49. The van der Waals surface area contributed by atoms with E-state index < -0.39 is 0 Å². The van der Waals surface area contributed by atoms with E-state index in [9.17, 15) is 4.79 Å². The number of nitrogens with zero attached hydrogens (tertiary/aromatic N) is 3. The zero-order valence-corrected chi connectivity index (χ0v) is 20.5. The third kappa shape index (κ3) is 5.52. The van der Waals surface area contributed by atoms with Crippen molar-refractivity contribution in [3.8, 4) is 28.6 Å². The van der Waals surface area contributed by atoms with Crippen LogP contribution in [0.2, 0.25) is 5.02 Å². The Labute approximate surface area is 207 Å². The summed E-state index contributed by atoms with van der Waals surface area (Å²) in [5.41, 5.74) is 3.49. The van der Waals surface area contributed by atoms with Gasteiger partial charge in [-0.15, -0.1) is 10.2 Å². The summed E-state index contributed by atoms with van der Waals surface area (Å²) < 4.78 is 12.5. The zero-order valence-electron chi connectivity index (χ0n) is 18.9. The quantitative estimate of drug-likeness (QED) is 0.319. The van der Waals surface area contributed by atoms with Crippen LogP contribution in [-0.2, 0) is 4.79 Å². The van der Waals surface area contributed by atoms with Gasteiger partial charge in [-0.2, -0.15) is 0 Å². The molecule has 1 aromatic heterocycles. The minimum atomic E-state index is -0.192. The Morgan fingerprint density at radius 3 is 2.35 bits per heavy atom. The van der Waals surface area contributed by atoms with Crippen LogP contribution in [0.5, 0.6) is 11.5 Å². The van der Waals surface area contributed by atoms with Gasteiger partial charge in [-0.3, -0.25) is 9.36 Å². The van der Waals surface area contributed by atoms with E-state index in [4.69, 9.17) is 21.1 Å². The monoisotopic (exact) mass is 494 g/mol. The lowest BCUT2D eigenvalue weighted by Crippen LogP contribution is -2.14. The van der Waals surface area contributed by atoms with Crippen molar-refractivity contribution in [2.24, 2.45) is 0 Å². The molecule has 0 spiro atoms. The van der Waals surface area contributed by atoms with Crippen LogP contribution in [0.25, 0.3) is 17.1 Å². The molecule has 174 valence electrons. The first kappa shape index (κ1) is 23.7. The van der Waals surface area contributed by atoms with E-state index >= 15 is 0 Å². The van der Waals surface area contributed by atoms with E-state index in [1.165, 1.54) is 11.8 Å². The van der Waals surface area contributed by atoms with Crippen molar-refractivity contribution in [3.05, 3.63) is 77.3 Å². The largest absolute Gasteiger partial charge is 0.497 e. The molecule has 1 heterocycles. The maximum Gasteiger partial charge on any atom is 0.234 e. The van der Waals surface area contributed by atoms with Crippen LogP contribution in [0.15, 0.2) is 71.9 Å². The van der Waals surface area contributed by atoms with Gasteiger partial charge in [-0.25, -0.2) is 0 Å². The van der Waals surface area contributed by atoms with Crippen LogP contribution in [0.4, 0.5) is 5.69 Å². The summed E-state index contributed by atoms with van der Waals surface area (Å²) in [6.45, 7) is 2.03. The maximum absolute atomic E-state index is 12.7. The number of nitrogens with one attached hydrogen (secondary N) is 1. The van der Waals surface area contributed by atoms with E-state index in [2.05, 4.69) is 15.5 Å². The highest BCUT2D eigenvalue weighted by Gasteiger charge is 2.18. The molecule has 9 heteroatoms. The van der Waals surface area contributed by atoms with Gasteiger partial charge < -0.3 is 14.8 Å². The van der Waals surface area contributed by atoms with Crippen molar-refractivity contribution in [3.63, 3.8) is 0 Å². The molecule has 0 atom stereocenters. The lowest BCUT2D eigenvalue weighted by molar-refractivity contribution is -0.113. The standard InChI is InChI=1S/C25H23ClN4O3S/c1-16-5-4-6-17(11-16)24-28-29-25(30(24)20-9-7-18(26)8-10-20)34-15-23(31)27-19-12-21(32-2)14-22(13-19)33-3/h4-14H,15H2,1-3H3,(H,27,31). The lowest BCUT2D eigenvalue weighted by Gasteiger charge is -2.12. The summed E-state index contributed by atoms with van der Waals surface area (Å²) in [5.74, 6) is 1.81. The number of aromatic nitrogens is 3. The van der Waals surface area contributed by atoms with Crippen molar-refractivity contribution < 1.29 is 14.3 Å². The third-order valence-corrected chi connectivity index (χ3v) is 6.14. The minimum absolute atomic E-state index is 0.138. The summed E-state index contributed by atoms with van der Waals surface area (Å²) in [6.07, 6.45) is 0. The van der Waals surface area contributed by atoms with Crippen molar-refractivity contribution >= 4 is 35.0 Å². The van der Waals surface area contributed by atoms with Gasteiger partial charge in [0.1, 0.15) is 11.5 Å². The van der Waals surface area contributed by atoms with Gasteiger partial charge in [-0.05, 0) is 37.3 Å². The topological polar surface area (TPSA) is 78.3 Å². The molecular weight excluding hydrogens is 472 g/mol. The number of carbonyl (C=O) groups is 1. The van der Waals surface area contributed by atoms with E-state index in [0.29, 0.717) is 33.2 Å². The number of ether oxygens (including phenoxy) is 2. The van der Waals surface area contributed by atoms with Gasteiger partial charge >= 0.3 is 0 Å². The molecule has 1 amide bonds. The Kier molecular flexibility index (Phi) is 7.40. The molecule has 1 N–H and O–H groups in total. The molecular formula is C25H23ClN4O3S. The second-order valence-corrected chi connectivity index (χ2v) is 8.80. The molecule has 0 aliphatic heterocycles. The molecule has 3 aromatic carbocycles.